The predicted octanol–water partition coefficient (Wildman–Crippen LogP) is 3.11. The molecule has 2 aromatic rings. The number of amides is 2. The van der Waals surface area contributed by atoms with Gasteiger partial charge in [-0.15, -0.1) is 0 Å². The molecule has 0 radical (unpaired) electrons. The highest BCUT2D eigenvalue weighted by Crippen LogP contribution is 2.37. The van der Waals surface area contributed by atoms with Crippen molar-refractivity contribution in [2.75, 3.05) is 39.8 Å². The van der Waals surface area contributed by atoms with Gasteiger partial charge < -0.3 is 19.4 Å². The number of fused-ring (bicyclic) bond motifs is 1. The van der Waals surface area contributed by atoms with Crippen molar-refractivity contribution in [2.24, 2.45) is 0 Å². The zero-order chi connectivity index (χ0) is 22.7. The number of ether oxygens (including phenoxy) is 1. The van der Waals surface area contributed by atoms with E-state index in [1.165, 1.54) is 5.56 Å². The summed E-state index contributed by atoms with van der Waals surface area (Å²) < 4.78 is 6.24. The van der Waals surface area contributed by atoms with Gasteiger partial charge in [0.15, 0.2) is 6.10 Å². The first kappa shape index (κ1) is 22.3. The van der Waals surface area contributed by atoms with Crippen molar-refractivity contribution < 1.29 is 14.3 Å². The van der Waals surface area contributed by atoms with Crippen LogP contribution in [0.2, 0.25) is 0 Å². The van der Waals surface area contributed by atoms with E-state index in [1.54, 1.807) is 6.92 Å². The zero-order valence-corrected chi connectivity index (χ0v) is 19.3. The molecule has 0 aromatic heterocycles. The third kappa shape index (κ3) is 4.65. The fourth-order valence-corrected chi connectivity index (χ4v) is 4.70. The molecule has 2 atom stereocenters. The Labute approximate surface area is 190 Å². The van der Waals surface area contributed by atoms with Gasteiger partial charge in [-0.3, -0.25) is 9.59 Å². The summed E-state index contributed by atoms with van der Waals surface area (Å²) in [6, 6.07) is 16.1. The number of nitrogens with zero attached hydrogens (tertiary/aromatic N) is 3. The molecule has 6 nitrogen and oxygen atoms in total. The van der Waals surface area contributed by atoms with E-state index in [0.29, 0.717) is 18.7 Å². The molecular formula is C26H33N3O3. The molecule has 0 bridgehead atoms. The Morgan fingerprint density at radius 1 is 1.03 bits per heavy atom. The predicted molar refractivity (Wildman–Crippen MR) is 125 cm³/mol. The quantitative estimate of drug-likeness (QED) is 0.724. The lowest BCUT2D eigenvalue weighted by molar-refractivity contribution is -0.140. The highest BCUT2D eigenvalue weighted by molar-refractivity contribution is 5.81. The molecule has 4 rings (SSSR count). The second-order valence-corrected chi connectivity index (χ2v) is 8.78. The third-order valence-corrected chi connectivity index (χ3v) is 6.60. The highest BCUT2D eigenvalue weighted by atomic mass is 16.5. The minimum atomic E-state index is -0.501. The van der Waals surface area contributed by atoms with Crippen LogP contribution in [0.3, 0.4) is 0 Å². The van der Waals surface area contributed by atoms with E-state index in [-0.39, 0.29) is 17.9 Å². The van der Waals surface area contributed by atoms with Crippen LogP contribution in [-0.2, 0) is 16.0 Å². The second kappa shape index (κ2) is 9.74. The molecular weight excluding hydrogens is 402 g/mol. The summed E-state index contributed by atoms with van der Waals surface area (Å²) in [6.45, 7) is 7.57. The first-order valence-corrected chi connectivity index (χ1v) is 11.6. The van der Waals surface area contributed by atoms with Crippen LogP contribution < -0.4 is 4.74 Å². The summed E-state index contributed by atoms with van der Waals surface area (Å²) in [7, 11) is 2.08. The Bertz CT molecular complexity index is 954. The summed E-state index contributed by atoms with van der Waals surface area (Å²) in [5, 5.41) is 0. The standard InChI is InChI=1S/C26H33N3O3/c1-4-24(26(31)28-16-14-27(3)15-17-28)32-22-11-10-20-12-13-29(19(2)30)25(23(20)18-22)21-8-6-5-7-9-21/h5-11,18,24-25H,4,12-17H2,1-3H3. The first-order chi connectivity index (χ1) is 15.5. The maximum absolute atomic E-state index is 13.1. The molecule has 2 amide bonds. The summed E-state index contributed by atoms with van der Waals surface area (Å²) in [5.74, 6) is 0.806. The average Bonchev–Trinajstić information content (AvgIpc) is 2.82. The van der Waals surface area contributed by atoms with Gasteiger partial charge in [0, 0.05) is 39.6 Å². The minimum absolute atomic E-state index is 0.0586. The lowest BCUT2D eigenvalue weighted by Gasteiger charge is -2.37. The van der Waals surface area contributed by atoms with Gasteiger partial charge in [-0.05, 0) is 48.7 Å². The van der Waals surface area contributed by atoms with Crippen LogP contribution in [0.5, 0.6) is 5.75 Å². The number of hydrogen-bond donors (Lipinski definition) is 0. The molecule has 2 heterocycles. The number of hydrogen-bond acceptors (Lipinski definition) is 4. The summed E-state index contributed by atoms with van der Waals surface area (Å²) in [4.78, 5) is 31.6. The van der Waals surface area contributed by atoms with Gasteiger partial charge in [-0.25, -0.2) is 0 Å². The van der Waals surface area contributed by atoms with Crippen molar-refractivity contribution in [2.45, 2.75) is 38.8 Å². The SMILES string of the molecule is CCC(Oc1ccc2c(c1)C(c1ccccc1)N(C(C)=O)CC2)C(=O)N1CCN(C)CC1. The third-order valence-electron chi connectivity index (χ3n) is 6.60. The van der Waals surface area contributed by atoms with E-state index in [9.17, 15) is 9.59 Å². The lowest BCUT2D eigenvalue weighted by Crippen LogP contribution is -2.51. The number of piperazine rings is 1. The van der Waals surface area contributed by atoms with Crippen LogP contribution in [0, 0.1) is 0 Å². The van der Waals surface area contributed by atoms with Crippen molar-refractivity contribution in [1.29, 1.82) is 0 Å². The Hall–Kier alpha value is -2.86. The van der Waals surface area contributed by atoms with Gasteiger partial charge in [0.05, 0.1) is 6.04 Å². The normalized spacial score (nSPS) is 19.9. The monoisotopic (exact) mass is 435 g/mol. The maximum atomic E-state index is 13.1. The lowest BCUT2D eigenvalue weighted by atomic mass is 9.88. The zero-order valence-electron chi connectivity index (χ0n) is 19.3. The van der Waals surface area contributed by atoms with Crippen LogP contribution >= 0.6 is 0 Å². The van der Waals surface area contributed by atoms with Crippen LogP contribution in [0.1, 0.15) is 43.0 Å². The van der Waals surface area contributed by atoms with Crippen LogP contribution in [0.4, 0.5) is 0 Å². The van der Waals surface area contributed by atoms with E-state index >= 15 is 0 Å². The molecule has 1 fully saturated rings. The van der Waals surface area contributed by atoms with Crippen molar-refractivity contribution in [3.63, 3.8) is 0 Å². The smallest absolute Gasteiger partial charge is 0.263 e. The van der Waals surface area contributed by atoms with E-state index in [4.69, 9.17) is 4.74 Å². The summed E-state index contributed by atoms with van der Waals surface area (Å²) >= 11 is 0. The molecule has 2 aliphatic heterocycles. The number of benzene rings is 2. The number of carbonyl (C=O) groups excluding carboxylic acids is 2. The topological polar surface area (TPSA) is 53.1 Å². The Morgan fingerprint density at radius 3 is 2.41 bits per heavy atom. The second-order valence-electron chi connectivity index (χ2n) is 8.78. The van der Waals surface area contributed by atoms with Crippen LogP contribution in [0.15, 0.2) is 48.5 Å². The molecule has 1 saturated heterocycles. The van der Waals surface area contributed by atoms with Gasteiger partial charge in [0.1, 0.15) is 5.75 Å². The molecule has 0 saturated carbocycles. The number of rotatable bonds is 5. The molecule has 0 aliphatic carbocycles. The molecule has 0 spiro atoms. The minimum Gasteiger partial charge on any atom is -0.481 e. The number of carbonyl (C=O) groups is 2. The molecule has 2 unspecified atom stereocenters. The van der Waals surface area contributed by atoms with Gasteiger partial charge in [-0.2, -0.15) is 0 Å². The molecule has 170 valence electrons. The fraction of sp³-hybridized carbons (Fsp3) is 0.462. The summed E-state index contributed by atoms with van der Waals surface area (Å²) in [5.41, 5.74) is 3.39. The highest BCUT2D eigenvalue weighted by Gasteiger charge is 2.32. The van der Waals surface area contributed by atoms with Gasteiger partial charge in [-0.1, -0.05) is 43.3 Å². The molecule has 0 N–H and O–H groups in total. The molecule has 6 heteroatoms. The molecule has 2 aliphatic rings. The van der Waals surface area contributed by atoms with E-state index in [1.807, 2.05) is 47.1 Å². The average molecular weight is 436 g/mol. The van der Waals surface area contributed by atoms with E-state index < -0.39 is 6.10 Å². The van der Waals surface area contributed by atoms with Crippen molar-refractivity contribution in [3.05, 3.63) is 65.2 Å². The number of likely N-dealkylation sites (N-methyl/N-ethyl adjacent to an activating group) is 1. The van der Waals surface area contributed by atoms with Crippen LogP contribution in [-0.4, -0.2) is 72.4 Å². The Kier molecular flexibility index (Phi) is 6.80. The van der Waals surface area contributed by atoms with Gasteiger partial charge >= 0.3 is 0 Å². The fourth-order valence-electron chi connectivity index (χ4n) is 4.70. The van der Waals surface area contributed by atoms with Crippen LogP contribution in [0.25, 0.3) is 0 Å². The van der Waals surface area contributed by atoms with Crippen molar-refractivity contribution >= 4 is 11.8 Å². The maximum Gasteiger partial charge on any atom is 0.263 e. The first-order valence-electron chi connectivity index (χ1n) is 11.6. The Morgan fingerprint density at radius 2 is 1.75 bits per heavy atom. The van der Waals surface area contributed by atoms with Crippen molar-refractivity contribution in [3.8, 4) is 5.75 Å². The van der Waals surface area contributed by atoms with Crippen molar-refractivity contribution in [1.82, 2.24) is 14.7 Å². The van der Waals surface area contributed by atoms with E-state index in [0.717, 1.165) is 43.7 Å². The largest absolute Gasteiger partial charge is 0.481 e. The molecule has 2 aromatic carbocycles. The van der Waals surface area contributed by atoms with Gasteiger partial charge in [0.25, 0.3) is 5.91 Å². The molecule has 32 heavy (non-hydrogen) atoms. The van der Waals surface area contributed by atoms with E-state index in [2.05, 4.69) is 30.1 Å². The van der Waals surface area contributed by atoms with Gasteiger partial charge in [0.2, 0.25) is 5.91 Å². The Balaban J connectivity index is 1.60. The summed E-state index contributed by atoms with van der Waals surface area (Å²) in [6.07, 6.45) is 0.930.